The zero-order valence-electron chi connectivity index (χ0n) is 40.6. The minimum absolute atomic E-state index is 0.0407. The monoisotopic (exact) mass is 786 g/mol. The van der Waals surface area contributed by atoms with E-state index in [-0.39, 0.29) is 46.0 Å². The van der Waals surface area contributed by atoms with E-state index in [0.29, 0.717) is 11.3 Å². The number of aromatic nitrogens is 1. The van der Waals surface area contributed by atoms with Crippen molar-refractivity contribution in [2.24, 2.45) is 0 Å². The van der Waals surface area contributed by atoms with E-state index in [1.54, 1.807) is 4.57 Å². The fourth-order valence-corrected chi connectivity index (χ4v) is 8.81. The van der Waals surface area contributed by atoms with Gasteiger partial charge in [0.05, 0.1) is 27.7 Å². The summed E-state index contributed by atoms with van der Waals surface area (Å²) < 4.78 is 78.1. The highest BCUT2D eigenvalue weighted by Crippen LogP contribution is 2.41. The summed E-state index contributed by atoms with van der Waals surface area (Å²) in [6.07, 6.45) is 0. The second-order valence-electron chi connectivity index (χ2n) is 15.1. The van der Waals surface area contributed by atoms with Gasteiger partial charge in [-0.3, -0.25) is 0 Å². The van der Waals surface area contributed by atoms with Crippen LogP contribution in [0.25, 0.3) is 93.6 Å². The fraction of sp³-hybridized carbons (Fsp3) is 0. The van der Waals surface area contributed by atoms with Gasteiger partial charge in [0.25, 0.3) is 0 Å². The van der Waals surface area contributed by atoms with Gasteiger partial charge in [0, 0.05) is 50.2 Å². The van der Waals surface area contributed by atoms with Gasteiger partial charge in [-0.25, -0.2) is 0 Å². The first kappa shape index (κ1) is 27.5. The summed E-state index contributed by atoms with van der Waals surface area (Å²) in [5.41, 5.74) is 10.8. The van der Waals surface area contributed by atoms with Crippen LogP contribution < -0.4 is 4.90 Å². The minimum atomic E-state index is -0.476. The molecule has 0 aliphatic carbocycles. The lowest BCUT2D eigenvalue weighted by Crippen LogP contribution is -2.09. The molecule has 12 aromatic rings. The summed E-state index contributed by atoms with van der Waals surface area (Å²) in [4.78, 5) is 2.23. The molecule has 0 spiro atoms. The van der Waals surface area contributed by atoms with E-state index in [4.69, 9.17) is 15.4 Å². The van der Waals surface area contributed by atoms with Crippen molar-refractivity contribution in [2.75, 3.05) is 4.90 Å². The molecule has 0 saturated heterocycles. The largest absolute Gasteiger partial charge is 0.456 e. The van der Waals surface area contributed by atoms with Crippen LogP contribution in [0.5, 0.6) is 0 Å². The van der Waals surface area contributed by atoms with Gasteiger partial charge in [-0.1, -0.05) is 158 Å². The molecule has 0 fully saturated rings. The lowest BCUT2D eigenvalue weighted by atomic mass is 9.97. The van der Waals surface area contributed by atoms with E-state index >= 15 is 0 Å². The zero-order valence-corrected chi connectivity index (χ0v) is 32.6. The summed E-state index contributed by atoms with van der Waals surface area (Å²) in [7, 11) is 0. The van der Waals surface area contributed by atoms with Crippen LogP contribution in [0, 0.1) is 0 Å². The first-order valence-electron chi connectivity index (χ1n) is 24.2. The highest BCUT2D eigenvalue weighted by Gasteiger charge is 2.18. The van der Waals surface area contributed by atoms with Crippen molar-refractivity contribution in [3.05, 3.63) is 230 Å². The smallest absolute Gasteiger partial charge is 0.137 e. The number of benzene rings is 10. The van der Waals surface area contributed by atoms with Gasteiger partial charge in [0.2, 0.25) is 0 Å². The molecule has 0 unspecified atom stereocenters. The number of nitrogens with zero attached hydrogens (tertiary/aromatic N) is 2. The van der Waals surface area contributed by atoms with Crippen molar-refractivity contribution in [1.82, 2.24) is 4.57 Å². The van der Waals surface area contributed by atoms with E-state index in [0.717, 1.165) is 61.3 Å². The molecule has 0 bridgehead atoms. The van der Waals surface area contributed by atoms with Crippen molar-refractivity contribution in [3.8, 4) is 39.1 Å². The average Bonchev–Trinajstić information content (AvgIpc) is 3.95. The van der Waals surface area contributed by atoms with Crippen LogP contribution >= 0.6 is 0 Å². The molecular formula is C58H38N2O. The summed E-state index contributed by atoms with van der Waals surface area (Å²) in [6, 6.07) is 58.5. The first-order valence-corrected chi connectivity index (χ1v) is 20.2. The topological polar surface area (TPSA) is 21.3 Å². The van der Waals surface area contributed by atoms with Gasteiger partial charge in [-0.2, -0.15) is 0 Å². The van der Waals surface area contributed by atoms with Gasteiger partial charge in [0.1, 0.15) is 11.2 Å². The molecule has 0 amide bonds. The molecule has 0 aliphatic heterocycles. The Bertz CT molecular complexity index is 3980. The molecule has 12 rings (SSSR count). The van der Waals surface area contributed by atoms with Crippen molar-refractivity contribution >= 4 is 71.6 Å². The van der Waals surface area contributed by atoms with Gasteiger partial charge < -0.3 is 13.9 Å². The maximum Gasteiger partial charge on any atom is 0.137 e. The number of fused-ring (bicyclic) bond motifs is 7. The minimum Gasteiger partial charge on any atom is -0.456 e. The number of para-hydroxylation sites is 4. The Morgan fingerprint density at radius 3 is 1.74 bits per heavy atom. The third kappa shape index (κ3) is 5.90. The number of anilines is 3. The molecule has 10 aromatic carbocycles. The Morgan fingerprint density at radius 2 is 0.951 bits per heavy atom. The van der Waals surface area contributed by atoms with E-state index < -0.39 is 24.2 Å². The maximum atomic E-state index is 9.07. The third-order valence-corrected chi connectivity index (χ3v) is 11.7. The zero-order chi connectivity index (χ0) is 47.2. The number of hydrogen-bond donors (Lipinski definition) is 0. The standard InChI is InChI=1S/C58H38N2O/c1-2-17-47-40(13-1)14-12-22-48(47)41-29-33-45(34-30-41)59(46-35-36-53-52-21-6-10-26-57(52)61-58(53)38-46)44-31-27-39(28-32-44)42-15-11-16-43(37-42)49-18-3-7-23-54(49)60-55-24-8-4-19-50(55)51-20-5-9-25-56(51)60/h1-38H/i4D,5D,8D,9D,19D,20D,24D,25D. The summed E-state index contributed by atoms with van der Waals surface area (Å²) >= 11 is 0. The van der Waals surface area contributed by atoms with Crippen LogP contribution in [-0.2, 0) is 0 Å². The first-order chi connectivity index (χ1) is 33.6. The summed E-state index contributed by atoms with van der Waals surface area (Å²) in [5, 5.41) is 4.58. The number of hydrogen-bond acceptors (Lipinski definition) is 2. The highest BCUT2D eigenvalue weighted by atomic mass is 16.3. The Labute approximate surface area is 364 Å². The second kappa shape index (κ2) is 14.3. The van der Waals surface area contributed by atoms with Crippen LogP contribution in [0.4, 0.5) is 17.1 Å². The SMILES string of the molecule is [2H]c1c([2H])c([2H])c2c(c1[2H])c1c([2H])c([2H])c([2H])c([2H])c1n2-c1ccccc1-c1cccc(-c2ccc(N(c3ccc(-c4cccc5ccccc45)cc3)c3ccc4c(c3)oc3ccccc34)cc2)c1. The van der Waals surface area contributed by atoms with Crippen LogP contribution in [0.3, 0.4) is 0 Å². The van der Waals surface area contributed by atoms with E-state index in [1.165, 1.54) is 16.3 Å². The quantitative estimate of drug-likeness (QED) is 0.160. The third-order valence-electron chi connectivity index (χ3n) is 11.7. The number of rotatable bonds is 7. The number of furan rings is 1. The normalized spacial score (nSPS) is 13.4. The summed E-state index contributed by atoms with van der Waals surface area (Å²) in [6.45, 7) is 0. The molecule has 0 aliphatic rings. The van der Waals surface area contributed by atoms with Gasteiger partial charge >= 0.3 is 0 Å². The van der Waals surface area contributed by atoms with Crippen LogP contribution in [-0.4, -0.2) is 4.57 Å². The Kier molecular flexibility index (Phi) is 6.45. The Balaban J connectivity index is 0.964. The van der Waals surface area contributed by atoms with Crippen LogP contribution in [0.2, 0.25) is 0 Å². The summed E-state index contributed by atoms with van der Waals surface area (Å²) in [5.74, 6) is 0. The van der Waals surface area contributed by atoms with Gasteiger partial charge in [0.15, 0.2) is 0 Å². The predicted molar refractivity (Wildman–Crippen MR) is 257 cm³/mol. The Morgan fingerprint density at radius 1 is 0.377 bits per heavy atom. The lowest BCUT2D eigenvalue weighted by Gasteiger charge is -2.26. The van der Waals surface area contributed by atoms with Crippen LogP contribution in [0.1, 0.15) is 11.0 Å². The van der Waals surface area contributed by atoms with E-state index in [2.05, 4.69) is 126 Å². The molecule has 0 N–H and O–H groups in total. The molecular weight excluding hydrogens is 741 g/mol. The Hall–Kier alpha value is -8.14. The fourth-order valence-electron chi connectivity index (χ4n) is 8.81. The van der Waals surface area contributed by atoms with Gasteiger partial charge in [-0.15, -0.1) is 0 Å². The van der Waals surface area contributed by atoms with Crippen molar-refractivity contribution in [1.29, 1.82) is 0 Å². The molecule has 3 nitrogen and oxygen atoms in total. The van der Waals surface area contributed by atoms with E-state index in [1.807, 2.05) is 60.7 Å². The maximum absolute atomic E-state index is 9.07. The lowest BCUT2D eigenvalue weighted by molar-refractivity contribution is 0.669. The molecule has 0 atom stereocenters. The molecule has 0 radical (unpaired) electrons. The molecule has 61 heavy (non-hydrogen) atoms. The van der Waals surface area contributed by atoms with E-state index in [9.17, 15) is 0 Å². The average molecular weight is 787 g/mol. The molecule has 2 aromatic heterocycles. The molecule has 286 valence electrons. The molecule has 2 heterocycles. The molecule has 0 saturated carbocycles. The predicted octanol–water partition coefficient (Wildman–Crippen LogP) is 16.3. The van der Waals surface area contributed by atoms with Crippen molar-refractivity contribution in [2.45, 2.75) is 0 Å². The second-order valence-corrected chi connectivity index (χ2v) is 15.1. The van der Waals surface area contributed by atoms with Crippen molar-refractivity contribution < 1.29 is 15.4 Å². The van der Waals surface area contributed by atoms with Crippen LogP contribution in [0.15, 0.2) is 235 Å². The molecule has 3 heteroatoms. The van der Waals surface area contributed by atoms with Crippen molar-refractivity contribution in [3.63, 3.8) is 0 Å². The van der Waals surface area contributed by atoms with Gasteiger partial charge in [-0.05, 0) is 105 Å². The highest BCUT2D eigenvalue weighted by molar-refractivity contribution is 6.10.